The average Bonchev–Trinajstić information content (AvgIpc) is 2.41. The fourth-order valence-electron chi connectivity index (χ4n) is 2.42. The van der Waals surface area contributed by atoms with Crippen molar-refractivity contribution in [1.29, 1.82) is 0 Å². The van der Waals surface area contributed by atoms with E-state index in [0.717, 1.165) is 22.9 Å². The molecular weight excluding hydrogens is 318 g/mol. The summed E-state index contributed by atoms with van der Waals surface area (Å²) in [5.41, 5.74) is 6.39. The van der Waals surface area contributed by atoms with Crippen LogP contribution in [-0.4, -0.2) is 24.9 Å². The third kappa shape index (κ3) is 2.73. The van der Waals surface area contributed by atoms with Gasteiger partial charge in [0, 0.05) is 34.7 Å². The molecule has 0 aliphatic carbocycles. The van der Waals surface area contributed by atoms with Crippen LogP contribution in [0, 0.1) is 5.41 Å². The standard InChI is InChI=1S/C13H17BrClNO2/c14-11-2-1-9(15)7-10(11)12(17)13(8-16)3-5-18-6-4-13/h1-2,7,12,17H,3-6,8,16H2. The predicted octanol–water partition coefficient (Wildman–Crippen LogP) is 2.89. The summed E-state index contributed by atoms with van der Waals surface area (Å²) in [4.78, 5) is 0. The molecule has 0 aromatic heterocycles. The molecule has 0 saturated carbocycles. The number of ether oxygens (including phenoxy) is 1. The molecule has 3 N–H and O–H groups in total. The van der Waals surface area contributed by atoms with E-state index in [1.807, 2.05) is 6.07 Å². The maximum absolute atomic E-state index is 10.7. The molecule has 1 fully saturated rings. The molecule has 0 radical (unpaired) electrons. The second-order valence-corrected chi connectivity index (χ2v) is 6.04. The first kappa shape index (κ1) is 14.3. The van der Waals surface area contributed by atoms with Gasteiger partial charge in [-0.2, -0.15) is 0 Å². The Bertz CT molecular complexity index is 421. The first-order valence-electron chi connectivity index (χ1n) is 6.00. The van der Waals surface area contributed by atoms with Gasteiger partial charge in [-0.1, -0.05) is 27.5 Å². The largest absolute Gasteiger partial charge is 0.388 e. The Balaban J connectivity index is 2.33. The molecular formula is C13H17BrClNO2. The van der Waals surface area contributed by atoms with Gasteiger partial charge in [-0.15, -0.1) is 0 Å². The van der Waals surface area contributed by atoms with Gasteiger partial charge in [0.2, 0.25) is 0 Å². The number of hydrogen-bond donors (Lipinski definition) is 2. The highest BCUT2D eigenvalue weighted by atomic mass is 79.9. The second-order valence-electron chi connectivity index (χ2n) is 4.75. The second kappa shape index (κ2) is 5.88. The average molecular weight is 335 g/mol. The Morgan fingerprint density at radius 1 is 1.44 bits per heavy atom. The summed E-state index contributed by atoms with van der Waals surface area (Å²) < 4.78 is 6.22. The number of aliphatic hydroxyl groups excluding tert-OH is 1. The summed E-state index contributed by atoms with van der Waals surface area (Å²) in [5, 5.41) is 11.3. The molecule has 0 bridgehead atoms. The van der Waals surface area contributed by atoms with E-state index < -0.39 is 6.10 Å². The van der Waals surface area contributed by atoms with Crippen LogP contribution in [0.5, 0.6) is 0 Å². The smallest absolute Gasteiger partial charge is 0.0871 e. The van der Waals surface area contributed by atoms with E-state index in [-0.39, 0.29) is 5.41 Å². The van der Waals surface area contributed by atoms with E-state index in [9.17, 15) is 5.11 Å². The lowest BCUT2D eigenvalue weighted by atomic mass is 9.73. The Labute approximate surface area is 120 Å². The number of aliphatic hydroxyl groups is 1. The van der Waals surface area contributed by atoms with E-state index in [1.54, 1.807) is 12.1 Å². The van der Waals surface area contributed by atoms with Crippen molar-refractivity contribution >= 4 is 27.5 Å². The summed E-state index contributed by atoms with van der Waals surface area (Å²) in [5.74, 6) is 0. The zero-order valence-electron chi connectivity index (χ0n) is 10.0. The van der Waals surface area contributed by atoms with Crippen molar-refractivity contribution in [2.24, 2.45) is 11.1 Å². The molecule has 1 aliphatic heterocycles. The number of hydrogen-bond acceptors (Lipinski definition) is 3. The normalized spacial score (nSPS) is 20.7. The molecule has 5 heteroatoms. The SMILES string of the molecule is NCC1(C(O)c2cc(Cl)ccc2Br)CCOCC1. The van der Waals surface area contributed by atoms with E-state index in [0.29, 0.717) is 24.8 Å². The Hall–Kier alpha value is -0.130. The quantitative estimate of drug-likeness (QED) is 0.893. The third-order valence-electron chi connectivity index (χ3n) is 3.73. The molecule has 0 spiro atoms. The maximum atomic E-state index is 10.7. The number of nitrogens with two attached hydrogens (primary N) is 1. The lowest BCUT2D eigenvalue weighted by Gasteiger charge is -2.40. The van der Waals surface area contributed by atoms with Crippen LogP contribution >= 0.6 is 27.5 Å². The van der Waals surface area contributed by atoms with E-state index in [1.165, 1.54) is 0 Å². The lowest BCUT2D eigenvalue weighted by molar-refractivity contribution is -0.0584. The first-order valence-corrected chi connectivity index (χ1v) is 7.17. The van der Waals surface area contributed by atoms with Gasteiger partial charge in [0.25, 0.3) is 0 Å². The molecule has 1 aromatic carbocycles. The fraction of sp³-hybridized carbons (Fsp3) is 0.538. The van der Waals surface area contributed by atoms with Crippen molar-refractivity contribution in [3.8, 4) is 0 Å². The maximum Gasteiger partial charge on any atom is 0.0871 e. The molecule has 3 nitrogen and oxygen atoms in total. The molecule has 1 aromatic rings. The van der Waals surface area contributed by atoms with Crippen LogP contribution < -0.4 is 5.73 Å². The fourth-order valence-corrected chi connectivity index (χ4v) is 3.07. The molecule has 1 unspecified atom stereocenters. The van der Waals surface area contributed by atoms with Crippen molar-refractivity contribution in [1.82, 2.24) is 0 Å². The van der Waals surface area contributed by atoms with E-state index >= 15 is 0 Å². The van der Waals surface area contributed by atoms with Gasteiger partial charge >= 0.3 is 0 Å². The summed E-state index contributed by atoms with van der Waals surface area (Å²) in [6.45, 7) is 1.73. The summed E-state index contributed by atoms with van der Waals surface area (Å²) in [6.07, 6.45) is 0.909. The van der Waals surface area contributed by atoms with Crippen LogP contribution in [0.4, 0.5) is 0 Å². The number of rotatable bonds is 3. The minimum atomic E-state index is -0.625. The highest BCUT2D eigenvalue weighted by Gasteiger charge is 2.39. The molecule has 18 heavy (non-hydrogen) atoms. The zero-order valence-corrected chi connectivity index (χ0v) is 12.4. The van der Waals surface area contributed by atoms with Crippen LogP contribution in [0.3, 0.4) is 0 Å². The minimum Gasteiger partial charge on any atom is -0.388 e. The van der Waals surface area contributed by atoms with E-state index in [4.69, 9.17) is 22.1 Å². The lowest BCUT2D eigenvalue weighted by Crippen LogP contribution is -2.41. The van der Waals surface area contributed by atoms with Gasteiger partial charge < -0.3 is 15.6 Å². The topological polar surface area (TPSA) is 55.5 Å². The zero-order chi connectivity index (χ0) is 13.2. The molecule has 1 atom stereocenters. The molecule has 2 rings (SSSR count). The molecule has 0 amide bonds. The monoisotopic (exact) mass is 333 g/mol. The summed E-state index contributed by atoms with van der Waals surface area (Å²) >= 11 is 9.46. The van der Waals surface area contributed by atoms with Gasteiger partial charge in [0.05, 0.1) is 6.10 Å². The Morgan fingerprint density at radius 3 is 2.72 bits per heavy atom. The van der Waals surface area contributed by atoms with Crippen LogP contribution in [0.25, 0.3) is 0 Å². The Kier molecular flexibility index (Phi) is 4.67. The molecule has 1 heterocycles. The van der Waals surface area contributed by atoms with Gasteiger partial charge in [-0.05, 0) is 36.6 Å². The van der Waals surface area contributed by atoms with Gasteiger partial charge in [0.1, 0.15) is 0 Å². The third-order valence-corrected chi connectivity index (χ3v) is 4.69. The van der Waals surface area contributed by atoms with Crippen LogP contribution in [0.15, 0.2) is 22.7 Å². The van der Waals surface area contributed by atoms with Crippen molar-refractivity contribution in [2.75, 3.05) is 19.8 Å². The number of halogens is 2. The molecule has 1 aliphatic rings. The molecule has 100 valence electrons. The highest BCUT2D eigenvalue weighted by Crippen LogP contribution is 2.44. The van der Waals surface area contributed by atoms with Gasteiger partial charge in [0.15, 0.2) is 0 Å². The van der Waals surface area contributed by atoms with Crippen molar-refractivity contribution < 1.29 is 9.84 Å². The van der Waals surface area contributed by atoms with Crippen LogP contribution in [0.2, 0.25) is 5.02 Å². The van der Waals surface area contributed by atoms with Gasteiger partial charge in [-0.25, -0.2) is 0 Å². The van der Waals surface area contributed by atoms with Gasteiger partial charge in [-0.3, -0.25) is 0 Å². The van der Waals surface area contributed by atoms with Crippen molar-refractivity contribution in [3.05, 3.63) is 33.3 Å². The minimum absolute atomic E-state index is 0.314. The number of benzene rings is 1. The Morgan fingerprint density at radius 2 is 2.11 bits per heavy atom. The first-order chi connectivity index (χ1) is 8.59. The summed E-state index contributed by atoms with van der Waals surface area (Å²) in [6, 6.07) is 5.44. The predicted molar refractivity (Wildman–Crippen MR) is 75.7 cm³/mol. The summed E-state index contributed by atoms with van der Waals surface area (Å²) in [7, 11) is 0. The molecule has 1 saturated heterocycles. The highest BCUT2D eigenvalue weighted by molar-refractivity contribution is 9.10. The van der Waals surface area contributed by atoms with Crippen molar-refractivity contribution in [2.45, 2.75) is 18.9 Å². The van der Waals surface area contributed by atoms with Crippen LogP contribution in [-0.2, 0) is 4.74 Å². The van der Waals surface area contributed by atoms with Crippen LogP contribution in [0.1, 0.15) is 24.5 Å². The van der Waals surface area contributed by atoms with E-state index in [2.05, 4.69) is 15.9 Å². The van der Waals surface area contributed by atoms with Crippen molar-refractivity contribution in [3.63, 3.8) is 0 Å².